The summed E-state index contributed by atoms with van der Waals surface area (Å²) in [6.45, 7) is 24.3. The van der Waals surface area contributed by atoms with E-state index in [1.807, 2.05) is 72.8 Å². The Morgan fingerprint density at radius 3 is 1.40 bits per heavy atom. The molecule has 6 heteroatoms. The highest BCUT2D eigenvalue weighted by Crippen LogP contribution is 2.51. The lowest BCUT2D eigenvalue weighted by atomic mass is 9.33. The smallest absolute Gasteiger partial charge is 0.252 e. The lowest BCUT2D eigenvalue weighted by molar-refractivity contribution is 0.569. The van der Waals surface area contributed by atoms with E-state index in [0.717, 1.165) is 133 Å². The summed E-state index contributed by atoms with van der Waals surface area (Å²) < 4.78 is 76.0. The summed E-state index contributed by atoms with van der Waals surface area (Å²) in [5.74, 6) is 0. The van der Waals surface area contributed by atoms with Crippen LogP contribution in [0.1, 0.15) is 127 Å². The molecule has 0 fully saturated rings. The minimum absolute atomic E-state index is 0.0599. The first-order valence-corrected chi connectivity index (χ1v) is 35.5. The molecule has 0 saturated heterocycles. The van der Waals surface area contributed by atoms with Gasteiger partial charge in [-0.1, -0.05) is 264 Å². The number of aromatic nitrogens is 2. The number of rotatable bonds is 8. The number of hydrogen-bond acceptors (Lipinski definition) is 3. The van der Waals surface area contributed by atoms with Crippen molar-refractivity contribution in [1.29, 1.82) is 5.26 Å². The van der Waals surface area contributed by atoms with Crippen LogP contribution in [-0.4, -0.2) is 15.8 Å². The second-order valence-corrected chi connectivity index (χ2v) is 32.0. The van der Waals surface area contributed by atoms with Gasteiger partial charge in [-0.3, -0.25) is 0 Å². The molecule has 2 aliphatic heterocycles. The summed E-state index contributed by atoms with van der Waals surface area (Å²) in [5, 5.41) is 16.8. The van der Waals surface area contributed by atoms with Crippen LogP contribution >= 0.6 is 0 Å². The molecule has 15 aromatic rings. The molecule has 17 rings (SSSR count). The van der Waals surface area contributed by atoms with Gasteiger partial charge in [0.15, 0.2) is 0 Å². The van der Waals surface area contributed by atoms with E-state index in [-0.39, 0.29) is 44.9 Å². The highest BCUT2D eigenvalue weighted by Gasteiger charge is 2.45. The van der Waals surface area contributed by atoms with Gasteiger partial charge in [0.1, 0.15) is 11.6 Å². The highest BCUT2D eigenvalue weighted by atomic mass is 15.2. The summed E-state index contributed by atoms with van der Waals surface area (Å²) in [6, 6.07) is 86.2. The van der Waals surface area contributed by atoms with Gasteiger partial charge in [0.05, 0.1) is 40.3 Å². The van der Waals surface area contributed by atoms with Gasteiger partial charge in [0, 0.05) is 59.8 Å². The summed E-state index contributed by atoms with van der Waals surface area (Å²) in [4.78, 5) is 4.66. The maximum absolute atomic E-state index is 12.4. The van der Waals surface area contributed by atoms with E-state index < -0.39 is 31.7 Å². The molecule has 102 heavy (non-hydrogen) atoms. The third kappa shape index (κ3) is 10.7. The molecule has 496 valence electrons. The predicted octanol–water partition coefficient (Wildman–Crippen LogP) is 24.0. The van der Waals surface area contributed by atoms with Crippen LogP contribution < -0.4 is 26.2 Å². The van der Waals surface area contributed by atoms with E-state index in [9.17, 15) is 8.00 Å². The van der Waals surface area contributed by atoms with Crippen LogP contribution in [-0.2, 0) is 21.7 Å². The van der Waals surface area contributed by atoms with Crippen LogP contribution in [0.4, 0.5) is 34.1 Å². The second kappa shape index (κ2) is 23.6. The molecule has 0 saturated carbocycles. The van der Waals surface area contributed by atoms with Crippen molar-refractivity contribution < 1.29 is 11.0 Å². The molecule has 0 amide bonds. The Hall–Kier alpha value is -11.4. The first kappa shape index (κ1) is 55.4. The Labute approximate surface area is 612 Å². The lowest BCUT2D eigenvalue weighted by Crippen LogP contribution is -2.61. The molecule has 5 nitrogen and oxygen atoms in total. The van der Waals surface area contributed by atoms with Crippen molar-refractivity contribution in [2.24, 2.45) is 0 Å². The SMILES string of the molecule is [2H]c1c([2H])c([2H])c(-c2ccc3c(c2)N(c2cccc(-n4c5ccccc5c5ccccc54)c2C#N)c2cc(-c4cc(C(C)(C)C)cc(C(C)(C)C)c4)cc4c2B3c2ccc(-n3c5ccc(C(C)(C)C)cc5c5cc(C(C)(C)C)ccc53)cc2N4c2cc(-c3ccccc3)cc(-c3ccc(C([2H])([2H])[2H])cc3)c2)c([2H])c1[2H]. The quantitative estimate of drug-likeness (QED) is 0.142. The predicted molar refractivity (Wildman–Crippen MR) is 435 cm³/mol. The van der Waals surface area contributed by atoms with E-state index in [4.69, 9.17) is 8.22 Å². The normalized spacial score (nSPS) is 14.3. The average molecular weight is 1330 g/mol. The Bertz CT molecular complexity index is 6220. The van der Waals surface area contributed by atoms with Crippen molar-refractivity contribution in [3.63, 3.8) is 0 Å². The molecule has 0 aliphatic carbocycles. The Balaban J connectivity index is 1.05. The number of benzene rings is 13. The van der Waals surface area contributed by atoms with Crippen LogP contribution in [0.15, 0.2) is 273 Å². The molecule has 13 aromatic carbocycles. The number of anilines is 6. The highest BCUT2D eigenvalue weighted by molar-refractivity contribution is 7.00. The van der Waals surface area contributed by atoms with Crippen LogP contribution in [0.3, 0.4) is 0 Å². The first-order chi connectivity index (χ1) is 52.2. The third-order valence-electron chi connectivity index (χ3n) is 21.3. The van der Waals surface area contributed by atoms with Crippen molar-refractivity contribution >= 4 is 101 Å². The Morgan fingerprint density at radius 1 is 0.333 bits per heavy atom. The van der Waals surface area contributed by atoms with Crippen LogP contribution in [0.25, 0.3) is 99.5 Å². The van der Waals surface area contributed by atoms with Gasteiger partial charge < -0.3 is 18.9 Å². The standard InChI is InChI=1S/C96H84BN5/c1-60-35-37-63(38-36-60)66-47-65(62-27-18-15-19-28-62)50-74(51-66)100-89-58-73(99-86-45-40-69(93(2,3)4)56-77(86)78-57-70(94(5,6)7)41-46-87(78)99)42-44-81(89)97-80-43-39-64(61-25-16-14-17-26-61)52-88(80)102(91-54-68(53-90(100)92(91)97)67-48-71(95(8,9)10)55-72(49-67)96(11,12)13)85-34-24-33-84(79(85)59-98)101-82-31-22-20-29-75(82)76-30-21-23-32-83(76)101/h14-58H,1-13H3/i1D3,14D,16D,17D,25D,26D. The maximum Gasteiger partial charge on any atom is 0.252 e. The van der Waals surface area contributed by atoms with Crippen LogP contribution in [0.5, 0.6) is 0 Å². The van der Waals surface area contributed by atoms with Crippen molar-refractivity contribution in [3.05, 3.63) is 306 Å². The van der Waals surface area contributed by atoms with Gasteiger partial charge in [0.2, 0.25) is 0 Å². The van der Waals surface area contributed by atoms with Crippen LogP contribution in [0, 0.1) is 18.2 Å². The van der Waals surface area contributed by atoms with E-state index in [1.165, 1.54) is 11.1 Å². The van der Waals surface area contributed by atoms with Crippen LogP contribution in [0.2, 0.25) is 0 Å². The van der Waals surface area contributed by atoms with Gasteiger partial charge >= 0.3 is 0 Å². The zero-order chi connectivity index (χ0) is 77.3. The van der Waals surface area contributed by atoms with E-state index >= 15 is 0 Å². The van der Waals surface area contributed by atoms with Gasteiger partial charge in [-0.2, -0.15) is 5.26 Å². The molecular formula is C96H84BN5. The van der Waals surface area contributed by atoms with Crippen molar-refractivity contribution in [2.75, 3.05) is 9.80 Å². The fourth-order valence-electron chi connectivity index (χ4n) is 15.8. The molecule has 0 bridgehead atoms. The largest absolute Gasteiger partial charge is 0.311 e. The van der Waals surface area contributed by atoms with E-state index in [1.54, 1.807) is 12.1 Å². The summed E-state index contributed by atoms with van der Waals surface area (Å²) in [5.41, 5.74) is 23.5. The fourth-order valence-corrected chi connectivity index (χ4v) is 15.8. The molecular weight excluding hydrogens is 1230 g/mol. The van der Waals surface area contributed by atoms with E-state index in [2.05, 4.69) is 266 Å². The first-order valence-electron chi connectivity index (χ1n) is 39.5. The molecule has 2 aliphatic rings. The summed E-state index contributed by atoms with van der Waals surface area (Å²) in [7, 11) is 0. The minimum Gasteiger partial charge on any atom is -0.311 e. The van der Waals surface area contributed by atoms with Gasteiger partial charge in [-0.05, 0) is 209 Å². The van der Waals surface area contributed by atoms with Crippen molar-refractivity contribution in [2.45, 2.75) is 112 Å². The number of nitrogens with zero attached hydrogens (tertiary/aromatic N) is 5. The molecule has 0 spiro atoms. The molecule has 0 unspecified atom stereocenters. The number of aryl methyl sites for hydroxylation is 1. The zero-order valence-electron chi connectivity index (χ0n) is 67.9. The van der Waals surface area contributed by atoms with Gasteiger partial charge in [-0.25, -0.2) is 0 Å². The minimum atomic E-state index is -2.32. The van der Waals surface area contributed by atoms with Gasteiger partial charge in [0.25, 0.3) is 6.71 Å². The molecule has 0 atom stereocenters. The number of nitriles is 1. The van der Waals surface area contributed by atoms with Crippen molar-refractivity contribution in [3.8, 4) is 62.0 Å². The summed E-state index contributed by atoms with van der Waals surface area (Å²) in [6.07, 6.45) is 0. The Kier molecular flexibility index (Phi) is 12.8. The number of hydrogen-bond donors (Lipinski definition) is 0. The molecule has 0 N–H and O–H groups in total. The van der Waals surface area contributed by atoms with E-state index in [0.29, 0.717) is 28.2 Å². The number of fused-ring (bicyclic) bond motifs is 10. The molecule has 4 heterocycles. The average Bonchev–Trinajstić information content (AvgIpc) is 0.780. The number of para-hydroxylation sites is 2. The second-order valence-electron chi connectivity index (χ2n) is 32.0. The monoisotopic (exact) mass is 1330 g/mol. The molecule has 0 radical (unpaired) electrons. The fraction of sp³-hybridized carbons (Fsp3) is 0.177. The summed E-state index contributed by atoms with van der Waals surface area (Å²) >= 11 is 0. The third-order valence-corrected chi connectivity index (χ3v) is 21.3. The topological polar surface area (TPSA) is 40.1 Å². The Morgan fingerprint density at radius 2 is 0.824 bits per heavy atom. The van der Waals surface area contributed by atoms with Crippen molar-refractivity contribution in [1.82, 2.24) is 9.13 Å². The van der Waals surface area contributed by atoms with Gasteiger partial charge in [-0.15, -0.1) is 0 Å². The molecule has 2 aromatic heterocycles. The maximum atomic E-state index is 12.4. The lowest BCUT2D eigenvalue weighted by Gasteiger charge is -2.45. The zero-order valence-corrected chi connectivity index (χ0v) is 59.9.